The first-order valence-corrected chi connectivity index (χ1v) is 6.12. The first-order valence-electron chi connectivity index (χ1n) is 6.12. The Labute approximate surface area is 107 Å². The molecule has 0 aliphatic rings. The third kappa shape index (κ3) is 2.87. The average Bonchev–Trinajstić information content (AvgIpc) is 2.39. The van der Waals surface area contributed by atoms with Crippen LogP contribution in [0.5, 0.6) is 5.88 Å². The fourth-order valence-corrected chi connectivity index (χ4v) is 1.83. The Morgan fingerprint density at radius 1 is 1.33 bits per heavy atom. The molecular formula is C15H18N2O. The van der Waals surface area contributed by atoms with Gasteiger partial charge in [-0.2, -0.15) is 0 Å². The molecule has 0 atom stereocenters. The van der Waals surface area contributed by atoms with Crippen molar-refractivity contribution < 1.29 is 4.74 Å². The number of fused-ring (bicyclic) bond motifs is 1. The van der Waals surface area contributed by atoms with Gasteiger partial charge < -0.3 is 10.1 Å². The highest BCUT2D eigenvalue weighted by Gasteiger charge is 2.05. The van der Waals surface area contributed by atoms with E-state index in [1.165, 1.54) is 0 Å². The minimum atomic E-state index is 0.552. The van der Waals surface area contributed by atoms with Gasteiger partial charge in [0.1, 0.15) is 6.61 Å². The molecule has 1 aromatic heterocycles. The van der Waals surface area contributed by atoms with E-state index in [4.69, 9.17) is 4.74 Å². The maximum Gasteiger partial charge on any atom is 0.221 e. The van der Waals surface area contributed by atoms with E-state index in [-0.39, 0.29) is 0 Å². The van der Waals surface area contributed by atoms with Crippen molar-refractivity contribution >= 4 is 10.8 Å². The lowest BCUT2D eigenvalue weighted by Gasteiger charge is -2.09. The molecule has 0 spiro atoms. The normalized spacial score (nSPS) is 11.2. The highest BCUT2D eigenvalue weighted by Crippen LogP contribution is 2.24. The van der Waals surface area contributed by atoms with Crippen LogP contribution in [0.25, 0.3) is 10.8 Å². The molecule has 3 nitrogen and oxygen atoms in total. The number of allylic oxidation sites excluding steroid dienone is 1. The van der Waals surface area contributed by atoms with Crippen molar-refractivity contribution in [3.63, 3.8) is 0 Å². The highest BCUT2D eigenvalue weighted by molar-refractivity contribution is 5.87. The summed E-state index contributed by atoms with van der Waals surface area (Å²) in [5.74, 6) is 0.705. The molecule has 0 fully saturated rings. The summed E-state index contributed by atoms with van der Waals surface area (Å²) in [6, 6.07) is 10.2. The van der Waals surface area contributed by atoms with Crippen LogP contribution in [0.15, 0.2) is 42.5 Å². The SMILES string of the molecule is CC=CCOc1nc(CNC)cc2ccccc12. The van der Waals surface area contributed by atoms with Crippen molar-refractivity contribution in [2.24, 2.45) is 0 Å². The number of hydrogen-bond donors (Lipinski definition) is 1. The molecule has 0 unspecified atom stereocenters. The van der Waals surface area contributed by atoms with E-state index >= 15 is 0 Å². The summed E-state index contributed by atoms with van der Waals surface area (Å²) in [5.41, 5.74) is 0.992. The van der Waals surface area contributed by atoms with E-state index < -0.39 is 0 Å². The molecule has 3 heteroatoms. The quantitative estimate of drug-likeness (QED) is 0.819. The van der Waals surface area contributed by atoms with Gasteiger partial charge in [0.15, 0.2) is 0 Å². The van der Waals surface area contributed by atoms with Crippen molar-refractivity contribution in [1.29, 1.82) is 0 Å². The summed E-state index contributed by atoms with van der Waals surface area (Å²) in [6.07, 6.45) is 3.95. The number of nitrogens with one attached hydrogen (secondary N) is 1. The summed E-state index contributed by atoms with van der Waals surface area (Å²) >= 11 is 0. The smallest absolute Gasteiger partial charge is 0.221 e. The number of hydrogen-bond acceptors (Lipinski definition) is 3. The van der Waals surface area contributed by atoms with E-state index in [0.717, 1.165) is 23.0 Å². The molecular weight excluding hydrogens is 224 g/mol. The van der Waals surface area contributed by atoms with Crippen molar-refractivity contribution in [3.05, 3.63) is 48.2 Å². The second-order valence-electron chi connectivity index (χ2n) is 4.05. The van der Waals surface area contributed by atoms with E-state index in [0.29, 0.717) is 12.5 Å². The Bertz CT molecular complexity index is 549. The van der Waals surface area contributed by atoms with Gasteiger partial charge >= 0.3 is 0 Å². The predicted molar refractivity (Wildman–Crippen MR) is 74.8 cm³/mol. The molecule has 0 saturated heterocycles. The first-order chi connectivity index (χ1) is 8.85. The molecule has 0 radical (unpaired) electrons. The summed E-state index contributed by atoms with van der Waals surface area (Å²) in [5, 5.41) is 5.33. The second-order valence-corrected chi connectivity index (χ2v) is 4.05. The molecule has 1 heterocycles. The van der Waals surface area contributed by atoms with Crippen LogP contribution in [0.1, 0.15) is 12.6 Å². The summed E-state index contributed by atoms with van der Waals surface area (Å²) in [7, 11) is 1.91. The van der Waals surface area contributed by atoms with E-state index in [2.05, 4.69) is 22.4 Å². The lowest BCUT2D eigenvalue weighted by molar-refractivity contribution is 0.351. The van der Waals surface area contributed by atoms with Gasteiger partial charge in [-0.3, -0.25) is 0 Å². The van der Waals surface area contributed by atoms with Gasteiger partial charge in [0.2, 0.25) is 5.88 Å². The number of pyridine rings is 1. The Hall–Kier alpha value is -1.87. The summed E-state index contributed by atoms with van der Waals surface area (Å²) in [4.78, 5) is 4.54. The van der Waals surface area contributed by atoms with Gasteiger partial charge in [0.25, 0.3) is 0 Å². The van der Waals surface area contributed by atoms with Gasteiger partial charge in [-0.25, -0.2) is 4.98 Å². The van der Waals surface area contributed by atoms with Crippen LogP contribution in [0.3, 0.4) is 0 Å². The lowest BCUT2D eigenvalue weighted by Crippen LogP contribution is -2.08. The largest absolute Gasteiger partial charge is 0.473 e. The maximum absolute atomic E-state index is 5.72. The van der Waals surface area contributed by atoms with Crippen molar-refractivity contribution in [1.82, 2.24) is 10.3 Å². The minimum absolute atomic E-state index is 0.552. The van der Waals surface area contributed by atoms with Crippen LogP contribution < -0.4 is 10.1 Å². The molecule has 2 aromatic rings. The highest BCUT2D eigenvalue weighted by atomic mass is 16.5. The Balaban J connectivity index is 2.39. The van der Waals surface area contributed by atoms with Crippen molar-refractivity contribution in [3.8, 4) is 5.88 Å². The van der Waals surface area contributed by atoms with Gasteiger partial charge in [-0.1, -0.05) is 30.4 Å². The maximum atomic E-state index is 5.72. The zero-order valence-electron chi connectivity index (χ0n) is 10.8. The summed E-state index contributed by atoms with van der Waals surface area (Å²) < 4.78 is 5.72. The van der Waals surface area contributed by atoms with Crippen molar-refractivity contribution in [2.45, 2.75) is 13.5 Å². The molecule has 0 amide bonds. The molecule has 0 aliphatic heterocycles. The third-order valence-electron chi connectivity index (χ3n) is 2.67. The first kappa shape index (κ1) is 12.6. The van der Waals surface area contributed by atoms with E-state index in [1.54, 1.807) is 0 Å². The van der Waals surface area contributed by atoms with Crippen LogP contribution in [0, 0.1) is 0 Å². The van der Waals surface area contributed by atoms with Crippen LogP contribution in [-0.2, 0) is 6.54 Å². The van der Waals surface area contributed by atoms with E-state index in [1.807, 2.05) is 44.3 Å². The Morgan fingerprint density at radius 2 is 2.17 bits per heavy atom. The predicted octanol–water partition coefficient (Wildman–Crippen LogP) is 2.91. The van der Waals surface area contributed by atoms with Gasteiger partial charge in [-0.05, 0) is 31.5 Å². The molecule has 0 bridgehead atoms. The van der Waals surface area contributed by atoms with Crippen molar-refractivity contribution in [2.75, 3.05) is 13.7 Å². The second kappa shape index (κ2) is 6.17. The monoisotopic (exact) mass is 242 g/mol. The fourth-order valence-electron chi connectivity index (χ4n) is 1.83. The number of nitrogens with zero attached hydrogens (tertiary/aromatic N) is 1. The molecule has 2 rings (SSSR count). The molecule has 94 valence electrons. The number of benzene rings is 1. The van der Waals surface area contributed by atoms with Crippen LogP contribution in [0.4, 0.5) is 0 Å². The number of ether oxygens (including phenoxy) is 1. The number of aromatic nitrogens is 1. The van der Waals surface area contributed by atoms with E-state index in [9.17, 15) is 0 Å². The molecule has 0 saturated carbocycles. The van der Waals surface area contributed by atoms with Gasteiger partial charge in [-0.15, -0.1) is 0 Å². The molecule has 18 heavy (non-hydrogen) atoms. The molecule has 1 N–H and O–H groups in total. The molecule has 0 aliphatic carbocycles. The Kier molecular flexibility index (Phi) is 4.31. The Morgan fingerprint density at radius 3 is 2.94 bits per heavy atom. The van der Waals surface area contributed by atoms with Gasteiger partial charge in [0.05, 0.1) is 5.69 Å². The zero-order chi connectivity index (χ0) is 12.8. The minimum Gasteiger partial charge on any atom is -0.473 e. The van der Waals surface area contributed by atoms with Crippen LogP contribution in [-0.4, -0.2) is 18.6 Å². The van der Waals surface area contributed by atoms with Gasteiger partial charge in [0, 0.05) is 11.9 Å². The third-order valence-corrected chi connectivity index (χ3v) is 2.67. The average molecular weight is 242 g/mol. The topological polar surface area (TPSA) is 34.1 Å². The summed E-state index contributed by atoms with van der Waals surface area (Å²) in [6.45, 7) is 3.27. The van der Waals surface area contributed by atoms with Crippen LogP contribution in [0.2, 0.25) is 0 Å². The van der Waals surface area contributed by atoms with Crippen LogP contribution >= 0.6 is 0 Å². The number of rotatable bonds is 5. The lowest BCUT2D eigenvalue weighted by atomic mass is 10.1. The molecule has 1 aromatic carbocycles. The fraction of sp³-hybridized carbons (Fsp3) is 0.267. The standard InChI is InChI=1S/C15H18N2O/c1-3-4-9-18-15-14-8-6-5-7-12(14)10-13(17-15)11-16-2/h3-8,10,16H,9,11H2,1-2H3. The zero-order valence-corrected chi connectivity index (χ0v) is 10.8.